The van der Waals surface area contributed by atoms with Gasteiger partial charge in [0.1, 0.15) is 0 Å². The third-order valence-corrected chi connectivity index (χ3v) is 18.5. The zero-order valence-corrected chi connectivity index (χ0v) is 57.9. The molecule has 2 unspecified atom stereocenters. The van der Waals surface area contributed by atoms with E-state index in [1.165, 1.54) is 366 Å². The van der Waals surface area contributed by atoms with E-state index in [4.69, 9.17) is 4.74 Å². The van der Waals surface area contributed by atoms with Crippen LogP contribution in [0.5, 0.6) is 0 Å². The molecule has 0 bridgehead atoms. The van der Waals surface area contributed by atoms with Crippen molar-refractivity contribution in [3.63, 3.8) is 0 Å². The van der Waals surface area contributed by atoms with Crippen molar-refractivity contribution in [2.24, 2.45) is 0 Å². The number of esters is 1. The van der Waals surface area contributed by atoms with Crippen LogP contribution in [0, 0.1) is 0 Å². The molecule has 0 fully saturated rings. The largest absolute Gasteiger partial charge is 0.466 e. The number of aliphatic hydroxyl groups excluding tert-OH is 2. The van der Waals surface area contributed by atoms with Gasteiger partial charge in [-0.3, -0.25) is 9.59 Å². The molecule has 0 aliphatic rings. The summed E-state index contributed by atoms with van der Waals surface area (Å²) in [5, 5.41) is 23.5. The number of nitrogens with one attached hydrogen (secondary N) is 1. The zero-order chi connectivity index (χ0) is 61.3. The molecular formula is C79H153NO5. The number of hydrogen-bond donors (Lipinski definition) is 3. The van der Waals surface area contributed by atoms with E-state index in [0.717, 1.165) is 44.9 Å². The molecule has 0 aliphatic carbocycles. The number of rotatable bonds is 74. The number of ether oxygens (including phenoxy) is 1. The lowest BCUT2D eigenvalue weighted by molar-refractivity contribution is -0.143. The number of allylic oxidation sites excluding steroid dienone is 4. The standard InChI is InChI=1S/C79H153NO5/c1-3-5-7-9-11-13-15-17-18-19-20-36-39-42-45-48-51-55-59-63-67-71-77(82)76(75-81)80-78(83)72-68-64-60-56-52-49-46-43-40-37-34-32-30-28-26-24-22-21-23-25-27-29-31-33-35-38-41-44-47-50-54-58-62-66-70-74-85-79(84)73-69-65-61-57-53-16-14-12-10-8-6-4-2/h12,14,23,25,76-77,81-82H,3-11,13,15-22,24,26-75H2,1-2H3,(H,80,83)/b14-12-,25-23-. The minimum Gasteiger partial charge on any atom is -0.466 e. The molecular weight excluding hydrogens is 1040 g/mol. The van der Waals surface area contributed by atoms with Crippen LogP contribution in [0.1, 0.15) is 444 Å². The lowest BCUT2D eigenvalue weighted by atomic mass is 10.0. The normalized spacial score (nSPS) is 12.6. The molecule has 0 radical (unpaired) electrons. The van der Waals surface area contributed by atoms with Crippen molar-refractivity contribution in [3.05, 3.63) is 24.3 Å². The maximum absolute atomic E-state index is 12.6. The second-order valence-corrected chi connectivity index (χ2v) is 27.0. The predicted molar refractivity (Wildman–Crippen MR) is 375 cm³/mol. The maximum atomic E-state index is 12.6. The van der Waals surface area contributed by atoms with Gasteiger partial charge in [-0.05, 0) is 77.0 Å². The maximum Gasteiger partial charge on any atom is 0.305 e. The topological polar surface area (TPSA) is 95.9 Å². The van der Waals surface area contributed by atoms with Gasteiger partial charge in [0, 0.05) is 12.8 Å². The quantitative estimate of drug-likeness (QED) is 0.0320. The third kappa shape index (κ3) is 71.3. The Balaban J connectivity index is 3.34. The van der Waals surface area contributed by atoms with Gasteiger partial charge in [-0.1, -0.05) is 378 Å². The summed E-state index contributed by atoms with van der Waals surface area (Å²) in [7, 11) is 0. The molecule has 6 heteroatoms. The van der Waals surface area contributed by atoms with Crippen LogP contribution in [0.25, 0.3) is 0 Å². The van der Waals surface area contributed by atoms with Crippen molar-refractivity contribution in [1.29, 1.82) is 0 Å². The van der Waals surface area contributed by atoms with Gasteiger partial charge >= 0.3 is 5.97 Å². The average molecular weight is 1200 g/mol. The Bertz CT molecular complexity index is 1330. The van der Waals surface area contributed by atoms with E-state index in [1.807, 2.05) is 0 Å². The van der Waals surface area contributed by atoms with E-state index in [9.17, 15) is 19.8 Å². The third-order valence-electron chi connectivity index (χ3n) is 18.5. The number of hydrogen-bond acceptors (Lipinski definition) is 5. The van der Waals surface area contributed by atoms with Gasteiger partial charge in [-0.25, -0.2) is 0 Å². The Labute approximate surface area is 532 Å². The van der Waals surface area contributed by atoms with Crippen LogP contribution < -0.4 is 5.32 Å². The summed E-state index contributed by atoms with van der Waals surface area (Å²) < 4.78 is 5.48. The van der Waals surface area contributed by atoms with Gasteiger partial charge in [0.25, 0.3) is 0 Å². The molecule has 0 spiro atoms. The summed E-state index contributed by atoms with van der Waals surface area (Å²) in [6.07, 6.45) is 95.6. The van der Waals surface area contributed by atoms with Crippen molar-refractivity contribution in [2.75, 3.05) is 13.2 Å². The molecule has 0 saturated carbocycles. The molecule has 3 N–H and O–H groups in total. The van der Waals surface area contributed by atoms with Crippen LogP contribution in [0.3, 0.4) is 0 Å². The molecule has 504 valence electrons. The lowest BCUT2D eigenvalue weighted by Crippen LogP contribution is -2.45. The summed E-state index contributed by atoms with van der Waals surface area (Å²) in [6, 6.07) is -0.539. The van der Waals surface area contributed by atoms with E-state index in [-0.39, 0.29) is 18.5 Å². The molecule has 0 aromatic heterocycles. The van der Waals surface area contributed by atoms with Gasteiger partial charge < -0.3 is 20.3 Å². The number of unbranched alkanes of at least 4 members (excludes halogenated alkanes) is 59. The van der Waals surface area contributed by atoms with Crippen LogP contribution in [-0.4, -0.2) is 47.4 Å². The molecule has 1 amide bonds. The second kappa shape index (κ2) is 74.8. The molecule has 0 aromatic rings. The van der Waals surface area contributed by atoms with Crippen molar-refractivity contribution in [1.82, 2.24) is 5.32 Å². The molecule has 2 atom stereocenters. The molecule has 0 rings (SSSR count). The zero-order valence-electron chi connectivity index (χ0n) is 57.9. The Morgan fingerprint density at radius 3 is 0.859 bits per heavy atom. The number of carbonyl (C=O) groups is 2. The van der Waals surface area contributed by atoms with Crippen LogP contribution in [0.2, 0.25) is 0 Å². The first-order valence-electron chi connectivity index (χ1n) is 39.1. The average Bonchev–Trinajstić information content (AvgIpc) is 3.51. The predicted octanol–water partition coefficient (Wildman–Crippen LogP) is 25.7. The van der Waals surface area contributed by atoms with Crippen LogP contribution in [-0.2, 0) is 14.3 Å². The summed E-state index contributed by atoms with van der Waals surface area (Å²) in [6.45, 7) is 4.98. The Kier molecular flexibility index (Phi) is 73.3. The van der Waals surface area contributed by atoms with E-state index < -0.39 is 12.1 Å². The number of carbonyl (C=O) groups excluding carboxylic acids is 2. The van der Waals surface area contributed by atoms with E-state index >= 15 is 0 Å². The highest BCUT2D eigenvalue weighted by Gasteiger charge is 2.20. The Morgan fingerprint density at radius 2 is 0.553 bits per heavy atom. The highest BCUT2D eigenvalue weighted by molar-refractivity contribution is 5.76. The minimum absolute atomic E-state index is 0.0108. The first-order chi connectivity index (χ1) is 42.0. The molecule has 0 aromatic carbocycles. The van der Waals surface area contributed by atoms with Crippen molar-refractivity contribution in [2.45, 2.75) is 456 Å². The lowest BCUT2D eigenvalue weighted by Gasteiger charge is -2.22. The van der Waals surface area contributed by atoms with E-state index in [1.54, 1.807) is 0 Å². The van der Waals surface area contributed by atoms with Crippen molar-refractivity contribution >= 4 is 11.9 Å². The first kappa shape index (κ1) is 83.3. The number of aliphatic hydroxyl groups is 2. The summed E-state index contributed by atoms with van der Waals surface area (Å²) in [5.74, 6) is -0.0153. The van der Waals surface area contributed by atoms with E-state index in [2.05, 4.69) is 43.5 Å². The summed E-state index contributed by atoms with van der Waals surface area (Å²) in [4.78, 5) is 24.6. The fourth-order valence-corrected chi connectivity index (χ4v) is 12.5. The van der Waals surface area contributed by atoms with Crippen molar-refractivity contribution < 1.29 is 24.5 Å². The van der Waals surface area contributed by atoms with Gasteiger partial charge in [0.05, 0.1) is 25.4 Å². The monoisotopic (exact) mass is 1200 g/mol. The fraction of sp³-hybridized carbons (Fsp3) is 0.924. The first-order valence-corrected chi connectivity index (χ1v) is 39.1. The van der Waals surface area contributed by atoms with Gasteiger partial charge in [0.15, 0.2) is 0 Å². The van der Waals surface area contributed by atoms with Crippen molar-refractivity contribution in [3.8, 4) is 0 Å². The van der Waals surface area contributed by atoms with E-state index in [0.29, 0.717) is 25.9 Å². The second-order valence-electron chi connectivity index (χ2n) is 27.0. The number of amides is 1. The molecule has 0 aliphatic heterocycles. The highest BCUT2D eigenvalue weighted by Crippen LogP contribution is 2.20. The highest BCUT2D eigenvalue weighted by atomic mass is 16.5. The van der Waals surface area contributed by atoms with Gasteiger partial charge in [-0.2, -0.15) is 0 Å². The summed E-state index contributed by atoms with van der Waals surface area (Å²) >= 11 is 0. The fourth-order valence-electron chi connectivity index (χ4n) is 12.5. The smallest absolute Gasteiger partial charge is 0.305 e. The van der Waals surface area contributed by atoms with Crippen LogP contribution in [0.15, 0.2) is 24.3 Å². The van der Waals surface area contributed by atoms with Gasteiger partial charge in [-0.15, -0.1) is 0 Å². The molecule has 0 saturated heterocycles. The molecule has 6 nitrogen and oxygen atoms in total. The van der Waals surface area contributed by atoms with Gasteiger partial charge in [0.2, 0.25) is 5.91 Å². The molecule has 85 heavy (non-hydrogen) atoms. The van der Waals surface area contributed by atoms with Crippen LogP contribution in [0.4, 0.5) is 0 Å². The Morgan fingerprint density at radius 1 is 0.318 bits per heavy atom. The van der Waals surface area contributed by atoms with Crippen LogP contribution >= 0.6 is 0 Å². The molecule has 0 heterocycles. The Hall–Kier alpha value is -1.66. The SMILES string of the molecule is CCCCC/C=C\CCCCCCCC(=O)OCCCCCCCCCCCCCCCC/C=C\CCCCCCCCCCCCCCCCCCCC(=O)NC(CO)C(O)CCCCCCCCCCCCCCCCCCCCCCC. The summed E-state index contributed by atoms with van der Waals surface area (Å²) in [5.41, 5.74) is 0. The minimum atomic E-state index is -0.663.